The van der Waals surface area contributed by atoms with Crippen molar-refractivity contribution in [2.24, 2.45) is 0 Å². The molecule has 0 saturated carbocycles. The molecule has 6 rings (SSSR count). The number of pyridine rings is 1. The average Bonchev–Trinajstić information content (AvgIpc) is 3.52. The largest absolute Gasteiger partial charge is 0.454 e. The number of ether oxygens (including phenoxy) is 3. The predicted molar refractivity (Wildman–Crippen MR) is 173 cm³/mol. The molecule has 0 spiro atoms. The first-order valence-corrected chi connectivity index (χ1v) is 15.2. The molecule has 1 N–H and O–H groups in total. The molecule has 0 unspecified atom stereocenters. The van der Waals surface area contributed by atoms with E-state index in [1.807, 2.05) is 53.2 Å². The van der Waals surface area contributed by atoms with Crippen LogP contribution in [0.5, 0.6) is 23.1 Å². The van der Waals surface area contributed by atoms with Gasteiger partial charge >= 0.3 is 0 Å². The van der Waals surface area contributed by atoms with Crippen LogP contribution in [-0.2, 0) is 11.3 Å². The summed E-state index contributed by atoms with van der Waals surface area (Å²) in [7, 11) is 1.90. The van der Waals surface area contributed by atoms with Gasteiger partial charge in [-0.2, -0.15) is 0 Å². The number of carbonyl (C=O) groups is 2. The van der Waals surface area contributed by atoms with Gasteiger partial charge in [-0.3, -0.25) is 14.5 Å². The first-order chi connectivity index (χ1) is 21.8. The molecule has 2 aliphatic rings. The van der Waals surface area contributed by atoms with Gasteiger partial charge in [0.2, 0.25) is 18.6 Å². The van der Waals surface area contributed by atoms with E-state index in [1.165, 1.54) is 17.8 Å². The summed E-state index contributed by atoms with van der Waals surface area (Å²) in [6.45, 7) is 4.36. The number of carbonyl (C=O) groups excluding carboxylic acids is 2. The number of anilines is 2. The van der Waals surface area contributed by atoms with Crippen molar-refractivity contribution in [3.8, 4) is 23.1 Å². The Hall–Kier alpha value is -4.51. The van der Waals surface area contributed by atoms with E-state index in [2.05, 4.69) is 21.3 Å². The van der Waals surface area contributed by atoms with Gasteiger partial charge in [0.1, 0.15) is 5.75 Å². The number of likely N-dealkylation sites (N-methyl/N-ethyl adjacent to an activating group) is 1. The van der Waals surface area contributed by atoms with Crippen LogP contribution in [0.15, 0.2) is 79.0 Å². The number of nitrogens with one attached hydrogen (secondary N) is 1. The highest BCUT2D eigenvalue weighted by Gasteiger charge is 2.23. The lowest BCUT2D eigenvalue weighted by Gasteiger charge is -2.35. The van der Waals surface area contributed by atoms with E-state index in [-0.39, 0.29) is 25.2 Å². The van der Waals surface area contributed by atoms with Gasteiger partial charge in [-0.05, 0) is 66.2 Å². The zero-order valence-electron chi connectivity index (χ0n) is 24.5. The monoisotopic (exact) mass is 647 g/mol. The number of nitrogens with zero attached hydrogens (tertiary/aromatic N) is 4. The van der Waals surface area contributed by atoms with Crippen LogP contribution in [0.3, 0.4) is 0 Å². The smallest absolute Gasteiger partial charge is 0.255 e. The third-order valence-electron chi connectivity index (χ3n) is 7.62. The number of amides is 2. The number of fused-ring (bicyclic) bond motifs is 1. The standard InChI is InChI=1S/C33H31Cl2N5O5/c1-38(20-32(41)40-14-12-39(13-15-40)19-22-2-10-29-30(16-22)44-21-43-29)25-5-7-26(8-6-25)45-31-11-4-24(18-36-31)37-33(42)23-3-9-27(34)28(35)17-23/h2-11,16-18H,12-15,19-21H2,1H3,(H,37,42). The molecule has 2 amide bonds. The minimum Gasteiger partial charge on any atom is -0.454 e. The Labute approximate surface area is 271 Å². The van der Waals surface area contributed by atoms with Gasteiger partial charge in [0.05, 0.1) is 28.5 Å². The molecule has 2 aliphatic heterocycles. The van der Waals surface area contributed by atoms with Crippen LogP contribution in [-0.4, -0.2) is 73.2 Å². The molecule has 232 valence electrons. The minimum atomic E-state index is -0.331. The van der Waals surface area contributed by atoms with E-state index >= 15 is 0 Å². The maximum atomic E-state index is 13.1. The van der Waals surface area contributed by atoms with Crippen LogP contribution in [0, 0.1) is 0 Å². The lowest BCUT2D eigenvalue weighted by Crippen LogP contribution is -2.50. The maximum Gasteiger partial charge on any atom is 0.255 e. The molecular weight excluding hydrogens is 617 g/mol. The van der Waals surface area contributed by atoms with Crippen LogP contribution in [0.1, 0.15) is 15.9 Å². The van der Waals surface area contributed by atoms with E-state index < -0.39 is 0 Å². The lowest BCUT2D eigenvalue weighted by atomic mass is 10.1. The van der Waals surface area contributed by atoms with Crippen molar-refractivity contribution in [3.05, 3.63) is 100 Å². The van der Waals surface area contributed by atoms with Crippen LogP contribution in [0.4, 0.5) is 11.4 Å². The highest BCUT2D eigenvalue weighted by atomic mass is 35.5. The quantitative estimate of drug-likeness (QED) is 0.238. The second kappa shape index (κ2) is 13.6. The summed E-state index contributed by atoms with van der Waals surface area (Å²) in [4.78, 5) is 36.0. The molecule has 1 aromatic heterocycles. The fourth-order valence-electron chi connectivity index (χ4n) is 5.09. The summed E-state index contributed by atoms with van der Waals surface area (Å²) in [6, 6.07) is 21.5. The van der Waals surface area contributed by atoms with E-state index in [1.54, 1.807) is 24.3 Å². The lowest BCUT2D eigenvalue weighted by molar-refractivity contribution is -0.131. The van der Waals surface area contributed by atoms with Crippen molar-refractivity contribution >= 4 is 46.4 Å². The third-order valence-corrected chi connectivity index (χ3v) is 8.36. The van der Waals surface area contributed by atoms with Gasteiger partial charge in [0, 0.05) is 57.1 Å². The van der Waals surface area contributed by atoms with Crippen LogP contribution >= 0.6 is 23.2 Å². The molecule has 10 nitrogen and oxygen atoms in total. The van der Waals surface area contributed by atoms with Crippen molar-refractivity contribution in [1.82, 2.24) is 14.8 Å². The molecular formula is C33H31Cl2N5O5. The fraction of sp³-hybridized carbons (Fsp3) is 0.242. The van der Waals surface area contributed by atoms with Gasteiger partial charge < -0.3 is 29.3 Å². The summed E-state index contributed by atoms with van der Waals surface area (Å²) < 4.78 is 16.8. The predicted octanol–water partition coefficient (Wildman–Crippen LogP) is 5.94. The first kappa shape index (κ1) is 30.5. The number of halogens is 2. The number of hydrogen-bond acceptors (Lipinski definition) is 8. The SMILES string of the molecule is CN(CC(=O)N1CCN(Cc2ccc3c(c2)OCO3)CC1)c1ccc(Oc2ccc(NC(=O)c3ccc(Cl)c(Cl)c3)cn2)cc1. The molecule has 0 radical (unpaired) electrons. The van der Waals surface area contributed by atoms with E-state index in [0.717, 1.165) is 36.8 Å². The Balaban J connectivity index is 0.950. The number of aromatic nitrogens is 1. The topological polar surface area (TPSA) is 96.5 Å². The molecule has 3 heterocycles. The van der Waals surface area contributed by atoms with Crippen molar-refractivity contribution in [2.45, 2.75) is 6.54 Å². The Morgan fingerprint density at radius 1 is 0.911 bits per heavy atom. The normalized spacial score (nSPS) is 14.2. The van der Waals surface area contributed by atoms with Crippen molar-refractivity contribution < 1.29 is 23.8 Å². The summed E-state index contributed by atoms with van der Waals surface area (Å²) in [6.07, 6.45) is 1.51. The van der Waals surface area contributed by atoms with E-state index in [9.17, 15) is 9.59 Å². The van der Waals surface area contributed by atoms with Gasteiger partial charge in [-0.25, -0.2) is 4.98 Å². The van der Waals surface area contributed by atoms with Gasteiger partial charge in [-0.1, -0.05) is 29.3 Å². The number of hydrogen-bond donors (Lipinski definition) is 1. The molecule has 0 atom stereocenters. The maximum absolute atomic E-state index is 13.1. The van der Waals surface area contributed by atoms with Crippen molar-refractivity contribution in [3.63, 3.8) is 0 Å². The van der Waals surface area contributed by atoms with Gasteiger partial charge in [-0.15, -0.1) is 0 Å². The zero-order valence-corrected chi connectivity index (χ0v) is 26.1. The third kappa shape index (κ3) is 7.59. The van der Waals surface area contributed by atoms with E-state index in [0.29, 0.717) is 46.0 Å². The molecule has 1 fully saturated rings. The second-order valence-corrected chi connectivity index (χ2v) is 11.6. The average molecular weight is 649 g/mol. The Morgan fingerprint density at radius 2 is 1.69 bits per heavy atom. The Bertz CT molecular complexity index is 1680. The molecule has 45 heavy (non-hydrogen) atoms. The summed E-state index contributed by atoms with van der Waals surface area (Å²) in [5, 5.41) is 3.45. The summed E-state index contributed by atoms with van der Waals surface area (Å²) in [5.41, 5.74) is 2.95. The molecule has 0 bridgehead atoms. The first-order valence-electron chi connectivity index (χ1n) is 14.4. The van der Waals surface area contributed by atoms with E-state index in [4.69, 9.17) is 37.4 Å². The van der Waals surface area contributed by atoms with Crippen molar-refractivity contribution in [2.75, 3.05) is 56.8 Å². The molecule has 12 heteroatoms. The van der Waals surface area contributed by atoms with Gasteiger partial charge in [0.25, 0.3) is 5.91 Å². The highest BCUT2D eigenvalue weighted by molar-refractivity contribution is 6.42. The summed E-state index contributed by atoms with van der Waals surface area (Å²) in [5.74, 6) is 2.31. The number of rotatable bonds is 9. The Kier molecular flexibility index (Phi) is 9.25. The minimum absolute atomic E-state index is 0.0936. The van der Waals surface area contributed by atoms with Gasteiger partial charge in [0.15, 0.2) is 11.5 Å². The second-order valence-electron chi connectivity index (χ2n) is 10.8. The number of benzene rings is 3. The fourth-order valence-corrected chi connectivity index (χ4v) is 5.39. The van der Waals surface area contributed by atoms with Crippen molar-refractivity contribution in [1.29, 1.82) is 0 Å². The molecule has 0 aliphatic carbocycles. The summed E-state index contributed by atoms with van der Waals surface area (Å²) >= 11 is 11.9. The van der Waals surface area contributed by atoms with Crippen LogP contribution in [0.2, 0.25) is 10.0 Å². The molecule has 3 aromatic carbocycles. The van der Waals surface area contributed by atoms with Crippen LogP contribution in [0.25, 0.3) is 0 Å². The zero-order chi connectivity index (χ0) is 31.3. The van der Waals surface area contributed by atoms with Crippen LogP contribution < -0.4 is 24.4 Å². The Morgan fingerprint density at radius 3 is 2.42 bits per heavy atom. The number of piperazine rings is 1. The molecule has 1 saturated heterocycles. The highest BCUT2D eigenvalue weighted by Crippen LogP contribution is 2.33. The molecule has 4 aromatic rings.